The quantitative estimate of drug-likeness (QED) is 0.913. The number of hydrogen-bond donors (Lipinski definition) is 1. The van der Waals surface area contributed by atoms with E-state index in [9.17, 15) is 5.11 Å². The van der Waals surface area contributed by atoms with Gasteiger partial charge in [-0.3, -0.25) is 0 Å². The van der Waals surface area contributed by atoms with Gasteiger partial charge < -0.3 is 5.11 Å². The Kier molecular flexibility index (Phi) is 4.65. The van der Waals surface area contributed by atoms with Gasteiger partial charge in [-0.2, -0.15) is 34.9 Å². The molecule has 1 aromatic heterocycles. The highest BCUT2D eigenvalue weighted by Crippen LogP contribution is 2.37. The molecule has 0 bridgehead atoms. The van der Waals surface area contributed by atoms with Crippen LogP contribution in [0.2, 0.25) is 0 Å². The highest BCUT2D eigenvalue weighted by atomic mass is 32.2. The number of thioether (sulfide) groups is 2. The molecular formula is C12H18OS3. The summed E-state index contributed by atoms with van der Waals surface area (Å²) in [4.78, 5) is 0. The number of thiophene rings is 1. The lowest BCUT2D eigenvalue weighted by atomic mass is 10.1. The molecule has 4 unspecified atom stereocenters. The van der Waals surface area contributed by atoms with Crippen molar-refractivity contribution in [3.05, 3.63) is 22.4 Å². The lowest BCUT2D eigenvalue weighted by Crippen LogP contribution is -2.35. The molecule has 0 spiro atoms. The van der Waals surface area contributed by atoms with Crippen molar-refractivity contribution in [1.82, 2.24) is 0 Å². The van der Waals surface area contributed by atoms with Crippen LogP contribution < -0.4 is 0 Å². The molecule has 2 heterocycles. The maximum Gasteiger partial charge on any atom is 0.0707 e. The zero-order valence-electron chi connectivity index (χ0n) is 9.63. The molecule has 0 radical (unpaired) electrons. The van der Waals surface area contributed by atoms with E-state index in [1.165, 1.54) is 5.56 Å². The SMILES string of the molecule is CC1SCC(C(O)Cc2ccsc2)SC1C. The van der Waals surface area contributed by atoms with Gasteiger partial charge in [0.15, 0.2) is 0 Å². The largest absolute Gasteiger partial charge is 0.392 e. The molecule has 1 aliphatic heterocycles. The maximum absolute atomic E-state index is 10.2. The monoisotopic (exact) mass is 274 g/mol. The zero-order chi connectivity index (χ0) is 11.5. The number of aliphatic hydroxyl groups is 1. The molecule has 90 valence electrons. The molecule has 1 fully saturated rings. The summed E-state index contributed by atoms with van der Waals surface area (Å²) in [6, 6.07) is 2.11. The molecule has 2 rings (SSSR count). The molecule has 4 atom stereocenters. The molecule has 0 aromatic carbocycles. The third-order valence-electron chi connectivity index (χ3n) is 3.03. The normalized spacial score (nSPS) is 32.6. The van der Waals surface area contributed by atoms with Crippen LogP contribution in [0.5, 0.6) is 0 Å². The van der Waals surface area contributed by atoms with E-state index in [-0.39, 0.29) is 6.10 Å². The first-order valence-corrected chi connectivity index (χ1v) is 8.56. The van der Waals surface area contributed by atoms with Gasteiger partial charge in [-0.05, 0) is 22.4 Å². The van der Waals surface area contributed by atoms with Crippen molar-refractivity contribution in [2.75, 3.05) is 5.75 Å². The van der Waals surface area contributed by atoms with E-state index in [1.54, 1.807) is 11.3 Å². The van der Waals surface area contributed by atoms with Crippen LogP contribution in [-0.2, 0) is 6.42 Å². The van der Waals surface area contributed by atoms with E-state index >= 15 is 0 Å². The molecule has 0 aliphatic carbocycles. The standard InChI is InChI=1S/C12H18OS3/c1-8-9(2)16-12(7-15-8)11(13)5-10-3-4-14-6-10/h3-4,6,8-9,11-13H,5,7H2,1-2H3. The van der Waals surface area contributed by atoms with Crippen molar-refractivity contribution in [1.29, 1.82) is 0 Å². The second-order valence-electron chi connectivity index (χ2n) is 4.32. The van der Waals surface area contributed by atoms with Crippen molar-refractivity contribution in [2.45, 2.75) is 42.1 Å². The second kappa shape index (κ2) is 5.80. The molecule has 1 aliphatic rings. The Balaban J connectivity index is 1.88. The van der Waals surface area contributed by atoms with Crippen molar-refractivity contribution < 1.29 is 5.11 Å². The van der Waals surface area contributed by atoms with Crippen molar-refractivity contribution >= 4 is 34.9 Å². The summed E-state index contributed by atoms with van der Waals surface area (Å²) in [7, 11) is 0. The van der Waals surface area contributed by atoms with Crippen LogP contribution in [-0.4, -0.2) is 32.7 Å². The molecule has 1 nitrogen and oxygen atoms in total. The van der Waals surface area contributed by atoms with Crippen LogP contribution in [0.15, 0.2) is 16.8 Å². The minimum atomic E-state index is -0.193. The number of hydrogen-bond acceptors (Lipinski definition) is 4. The average Bonchev–Trinajstić information content (AvgIpc) is 2.74. The van der Waals surface area contributed by atoms with E-state index in [0.29, 0.717) is 10.5 Å². The molecular weight excluding hydrogens is 256 g/mol. The van der Waals surface area contributed by atoms with Gasteiger partial charge in [0, 0.05) is 27.9 Å². The minimum absolute atomic E-state index is 0.193. The lowest BCUT2D eigenvalue weighted by molar-refractivity contribution is 0.177. The molecule has 4 heteroatoms. The fourth-order valence-corrected chi connectivity index (χ4v) is 5.49. The number of rotatable bonds is 3. The highest BCUT2D eigenvalue weighted by Gasteiger charge is 2.30. The molecule has 1 aromatic rings. The van der Waals surface area contributed by atoms with Gasteiger partial charge >= 0.3 is 0 Å². The Morgan fingerprint density at radius 2 is 2.25 bits per heavy atom. The van der Waals surface area contributed by atoms with Gasteiger partial charge in [0.2, 0.25) is 0 Å². The topological polar surface area (TPSA) is 20.2 Å². The summed E-state index contributed by atoms with van der Waals surface area (Å²) in [6.45, 7) is 4.55. The summed E-state index contributed by atoms with van der Waals surface area (Å²) in [6.07, 6.45) is 0.616. The highest BCUT2D eigenvalue weighted by molar-refractivity contribution is 8.07. The van der Waals surface area contributed by atoms with Crippen molar-refractivity contribution in [3.8, 4) is 0 Å². The van der Waals surface area contributed by atoms with E-state index < -0.39 is 0 Å². The van der Waals surface area contributed by atoms with Gasteiger partial charge in [-0.25, -0.2) is 0 Å². The third-order valence-corrected chi connectivity index (χ3v) is 7.30. The van der Waals surface area contributed by atoms with E-state index in [4.69, 9.17) is 0 Å². The Bertz CT molecular complexity index is 312. The van der Waals surface area contributed by atoms with Crippen LogP contribution >= 0.6 is 34.9 Å². The van der Waals surface area contributed by atoms with Gasteiger partial charge in [0.05, 0.1) is 6.10 Å². The predicted molar refractivity (Wildman–Crippen MR) is 76.8 cm³/mol. The van der Waals surface area contributed by atoms with Crippen molar-refractivity contribution in [2.24, 2.45) is 0 Å². The first-order chi connectivity index (χ1) is 7.66. The summed E-state index contributed by atoms with van der Waals surface area (Å²) in [5.41, 5.74) is 1.27. The summed E-state index contributed by atoms with van der Waals surface area (Å²) in [5.74, 6) is 1.08. The smallest absolute Gasteiger partial charge is 0.0707 e. The van der Waals surface area contributed by atoms with Crippen molar-refractivity contribution in [3.63, 3.8) is 0 Å². The maximum atomic E-state index is 10.2. The zero-order valence-corrected chi connectivity index (χ0v) is 12.1. The molecule has 16 heavy (non-hydrogen) atoms. The molecule has 0 amide bonds. The van der Waals surface area contributed by atoms with Crippen LogP contribution in [0.4, 0.5) is 0 Å². The fourth-order valence-electron chi connectivity index (χ4n) is 1.79. The summed E-state index contributed by atoms with van der Waals surface area (Å²) >= 11 is 5.66. The van der Waals surface area contributed by atoms with Crippen LogP contribution in [0.25, 0.3) is 0 Å². The molecule has 1 N–H and O–H groups in total. The first kappa shape index (κ1) is 12.8. The van der Waals surface area contributed by atoms with Gasteiger partial charge in [-0.1, -0.05) is 13.8 Å². The Hall–Kier alpha value is 0.360. The Labute approximate surface area is 110 Å². The summed E-state index contributed by atoms with van der Waals surface area (Å²) < 4.78 is 0. The lowest BCUT2D eigenvalue weighted by Gasteiger charge is -2.33. The first-order valence-electron chi connectivity index (χ1n) is 5.63. The molecule has 0 saturated carbocycles. The second-order valence-corrected chi connectivity index (χ2v) is 8.13. The van der Waals surface area contributed by atoms with Gasteiger partial charge in [0.25, 0.3) is 0 Å². The fraction of sp³-hybridized carbons (Fsp3) is 0.667. The van der Waals surface area contributed by atoms with Crippen LogP contribution in [0.3, 0.4) is 0 Å². The Morgan fingerprint density at radius 1 is 1.44 bits per heavy atom. The number of aliphatic hydroxyl groups excluding tert-OH is 1. The predicted octanol–water partition coefficient (Wildman–Crippen LogP) is 3.28. The van der Waals surface area contributed by atoms with Crippen LogP contribution in [0, 0.1) is 0 Å². The minimum Gasteiger partial charge on any atom is -0.392 e. The molecule has 1 saturated heterocycles. The third kappa shape index (κ3) is 3.19. The Morgan fingerprint density at radius 3 is 2.88 bits per heavy atom. The van der Waals surface area contributed by atoms with Gasteiger partial charge in [0.1, 0.15) is 0 Å². The summed E-state index contributed by atoms with van der Waals surface area (Å²) in [5, 5.41) is 16.2. The van der Waals surface area contributed by atoms with E-state index in [1.807, 2.05) is 23.5 Å². The van der Waals surface area contributed by atoms with E-state index in [2.05, 4.69) is 30.7 Å². The average molecular weight is 274 g/mol. The van der Waals surface area contributed by atoms with E-state index in [0.717, 1.165) is 17.4 Å². The van der Waals surface area contributed by atoms with Gasteiger partial charge in [-0.15, -0.1) is 0 Å². The van der Waals surface area contributed by atoms with Crippen LogP contribution in [0.1, 0.15) is 19.4 Å².